The molecule has 0 saturated heterocycles. The van der Waals surface area contributed by atoms with Crippen LogP contribution in [0.5, 0.6) is 5.75 Å². The lowest BCUT2D eigenvalue weighted by Gasteiger charge is -2.09. The minimum Gasteiger partial charge on any atom is -0.434 e. The molecule has 0 unspecified atom stereocenters. The Morgan fingerprint density at radius 3 is 2.47 bits per heavy atom. The lowest BCUT2D eigenvalue weighted by molar-refractivity contribution is -0.111. The SMILES string of the molecule is CCOC(=O)Oc1ccc(C(=O)NCc2cccc(NC(=O)/C=C/c3cccc(Cl)c3)c2)cc1. The summed E-state index contributed by atoms with van der Waals surface area (Å²) in [5, 5.41) is 6.21. The van der Waals surface area contributed by atoms with Crippen molar-refractivity contribution in [3.63, 3.8) is 0 Å². The van der Waals surface area contributed by atoms with E-state index in [-0.39, 0.29) is 30.7 Å². The number of carbonyl (C=O) groups is 3. The van der Waals surface area contributed by atoms with E-state index >= 15 is 0 Å². The summed E-state index contributed by atoms with van der Waals surface area (Å²) in [4.78, 5) is 36.0. The van der Waals surface area contributed by atoms with Crippen LogP contribution < -0.4 is 15.4 Å². The Labute approximate surface area is 202 Å². The minimum atomic E-state index is -0.799. The van der Waals surface area contributed by atoms with Crippen molar-refractivity contribution in [2.75, 3.05) is 11.9 Å². The first-order valence-electron chi connectivity index (χ1n) is 10.5. The zero-order valence-corrected chi connectivity index (χ0v) is 19.2. The highest BCUT2D eigenvalue weighted by Crippen LogP contribution is 2.15. The van der Waals surface area contributed by atoms with Gasteiger partial charge in [0.15, 0.2) is 0 Å². The van der Waals surface area contributed by atoms with Crippen molar-refractivity contribution >= 4 is 41.3 Å². The zero-order chi connectivity index (χ0) is 24.3. The molecule has 3 rings (SSSR count). The number of halogens is 1. The summed E-state index contributed by atoms with van der Waals surface area (Å²) in [7, 11) is 0. The fourth-order valence-electron chi connectivity index (χ4n) is 2.93. The molecule has 2 N–H and O–H groups in total. The number of benzene rings is 3. The van der Waals surface area contributed by atoms with Gasteiger partial charge in [0, 0.05) is 28.9 Å². The summed E-state index contributed by atoms with van der Waals surface area (Å²) in [6, 6.07) is 20.5. The number of hydrogen-bond donors (Lipinski definition) is 2. The summed E-state index contributed by atoms with van der Waals surface area (Å²) in [5.74, 6) is -0.296. The maximum absolute atomic E-state index is 12.4. The molecule has 7 nitrogen and oxygen atoms in total. The van der Waals surface area contributed by atoms with Gasteiger partial charge >= 0.3 is 6.16 Å². The van der Waals surface area contributed by atoms with Crippen molar-refractivity contribution in [3.8, 4) is 5.75 Å². The van der Waals surface area contributed by atoms with Gasteiger partial charge in [0.1, 0.15) is 5.75 Å². The van der Waals surface area contributed by atoms with Gasteiger partial charge in [-0.2, -0.15) is 0 Å². The molecule has 0 aromatic heterocycles. The summed E-state index contributed by atoms with van der Waals surface area (Å²) in [5.41, 5.74) is 2.65. The fraction of sp³-hybridized carbons (Fsp3) is 0.115. The van der Waals surface area contributed by atoms with E-state index < -0.39 is 6.16 Å². The number of carbonyl (C=O) groups excluding carboxylic acids is 3. The number of nitrogens with one attached hydrogen (secondary N) is 2. The summed E-state index contributed by atoms with van der Waals surface area (Å²) >= 11 is 5.95. The molecule has 3 aromatic carbocycles. The van der Waals surface area contributed by atoms with E-state index in [2.05, 4.69) is 10.6 Å². The Morgan fingerprint density at radius 2 is 1.74 bits per heavy atom. The third kappa shape index (κ3) is 7.79. The van der Waals surface area contributed by atoms with Gasteiger partial charge in [-0.25, -0.2) is 4.79 Å². The third-order valence-corrected chi connectivity index (χ3v) is 4.74. The molecule has 3 aromatic rings. The number of rotatable bonds is 8. The van der Waals surface area contributed by atoms with Gasteiger partial charge in [-0.05, 0) is 72.7 Å². The lowest BCUT2D eigenvalue weighted by Crippen LogP contribution is -2.22. The maximum atomic E-state index is 12.4. The molecule has 0 fully saturated rings. The Morgan fingerprint density at radius 1 is 0.971 bits per heavy atom. The first kappa shape index (κ1) is 24.5. The molecular formula is C26H23ClN2O5. The van der Waals surface area contributed by atoms with Crippen LogP contribution in [0.4, 0.5) is 10.5 Å². The largest absolute Gasteiger partial charge is 0.513 e. The second kappa shape index (κ2) is 12.2. The third-order valence-electron chi connectivity index (χ3n) is 4.50. The van der Waals surface area contributed by atoms with E-state index in [1.165, 1.54) is 18.2 Å². The molecule has 0 spiro atoms. The molecule has 0 aliphatic carbocycles. The Hall–Kier alpha value is -4.10. The van der Waals surface area contributed by atoms with Gasteiger partial charge in [0.05, 0.1) is 6.61 Å². The van der Waals surface area contributed by atoms with Crippen LogP contribution in [0, 0.1) is 0 Å². The average molecular weight is 479 g/mol. The number of amides is 2. The van der Waals surface area contributed by atoms with Gasteiger partial charge in [0.25, 0.3) is 5.91 Å². The molecule has 0 bridgehead atoms. The van der Waals surface area contributed by atoms with Crippen LogP contribution in [0.2, 0.25) is 5.02 Å². The number of ether oxygens (including phenoxy) is 2. The van der Waals surface area contributed by atoms with E-state index in [9.17, 15) is 14.4 Å². The molecule has 34 heavy (non-hydrogen) atoms. The van der Waals surface area contributed by atoms with Crippen molar-refractivity contribution in [1.82, 2.24) is 5.32 Å². The fourth-order valence-corrected chi connectivity index (χ4v) is 3.13. The predicted octanol–water partition coefficient (Wildman–Crippen LogP) is 5.46. The quantitative estimate of drug-likeness (QED) is 0.255. The smallest absolute Gasteiger partial charge is 0.434 e. The van der Waals surface area contributed by atoms with Crippen LogP contribution >= 0.6 is 11.6 Å². The highest BCUT2D eigenvalue weighted by molar-refractivity contribution is 6.30. The van der Waals surface area contributed by atoms with Gasteiger partial charge < -0.3 is 20.1 Å². The first-order valence-corrected chi connectivity index (χ1v) is 10.9. The van der Waals surface area contributed by atoms with Crippen LogP contribution in [0.3, 0.4) is 0 Å². The number of hydrogen-bond acceptors (Lipinski definition) is 5. The standard InChI is InChI=1S/C26H23ClN2O5/c1-2-33-26(32)34-23-12-10-20(11-13-23)25(31)28-17-19-6-4-8-22(16-19)29-24(30)14-9-18-5-3-7-21(27)15-18/h3-16H,2,17H2,1H3,(H,28,31)(H,29,30)/b14-9+. The van der Waals surface area contributed by atoms with Crippen LogP contribution in [0.15, 0.2) is 78.9 Å². The summed E-state index contributed by atoms with van der Waals surface area (Å²) < 4.78 is 9.68. The molecule has 0 atom stereocenters. The van der Waals surface area contributed by atoms with Crippen molar-refractivity contribution in [1.29, 1.82) is 0 Å². The molecule has 0 radical (unpaired) electrons. The van der Waals surface area contributed by atoms with Gasteiger partial charge in [-0.3, -0.25) is 9.59 Å². The van der Waals surface area contributed by atoms with E-state index in [1.807, 2.05) is 18.2 Å². The van der Waals surface area contributed by atoms with Crippen molar-refractivity contribution in [2.45, 2.75) is 13.5 Å². The topological polar surface area (TPSA) is 93.7 Å². The minimum absolute atomic E-state index is 0.212. The average Bonchev–Trinajstić information content (AvgIpc) is 2.82. The van der Waals surface area contributed by atoms with Crippen LogP contribution in [-0.2, 0) is 16.1 Å². The number of anilines is 1. The van der Waals surface area contributed by atoms with Crippen LogP contribution in [0.1, 0.15) is 28.4 Å². The molecule has 0 aliphatic heterocycles. The predicted molar refractivity (Wildman–Crippen MR) is 131 cm³/mol. The van der Waals surface area contributed by atoms with Crippen LogP contribution in [0.25, 0.3) is 6.08 Å². The van der Waals surface area contributed by atoms with Crippen molar-refractivity contribution in [2.24, 2.45) is 0 Å². The first-order chi connectivity index (χ1) is 16.4. The molecule has 8 heteroatoms. The highest BCUT2D eigenvalue weighted by Gasteiger charge is 2.09. The molecular weight excluding hydrogens is 456 g/mol. The Balaban J connectivity index is 1.52. The highest BCUT2D eigenvalue weighted by atomic mass is 35.5. The van der Waals surface area contributed by atoms with E-state index in [1.54, 1.807) is 55.5 Å². The van der Waals surface area contributed by atoms with Crippen LogP contribution in [-0.4, -0.2) is 24.6 Å². The van der Waals surface area contributed by atoms with Gasteiger partial charge in [-0.1, -0.05) is 35.9 Å². The van der Waals surface area contributed by atoms with Gasteiger partial charge in [0.2, 0.25) is 5.91 Å². The summed E-state index contributed by atoms with van der Waals surface area (Å²) in [6.45, 7) is 2.16. The normalized spacial score (nSPS) is 10.5. The Kier molecular flexibility index (Phi) is 8.82. The molecule has 0 heterocycles. The molecule has 0 aliphatic rings. The van der Waals surface area contributed by atoms with E-state index in [0.717, 1.165) is 11.1 Å². The second-order valence-electron chi connectivity index (χ2n) is 7.07. The summed E-state index contributed by atoms with van der Waals surface area (Å²) in [6.07, 6.45) is 2.30. The molecule has 2 amide bonds. The maximum Gasteiger partial charge on any atom is 0.513 e. The second-order valence-corrected chi connectivity index (χ2v) is 7.51. The molecule has 174 valence electrons. The van der Waals surface area contributed by atoms with E-state index in [4.69, 9.17) is 21.1 Å². The lowest BCUT2D eigenvalue weighted by atomic mass is 10.1. The molecule has 0 saturated carbocycles. The van der Waals surface area contributed by atoms with Crippen molar-refractivity contribution < 1.29 is 23.9 Å². The zero-order valence-electron chi connectivity index (χ0n) is 18.4. The Bertz CT molecular complexity index is 1190. The van der Waals surface area contributed by atoms with Crippen molar-refractivity contribution in [3.05, 3.63) is 101 Å². The van der Waals surface area contributed by atoms with E-state index in [0.29, 0.717) is 16.3 Å². The van der Waals surface area contributed by atoms with Gasteiger partial charge in [-0.15, -0.1) is 0 Å². The monoisotopic (exact) mass is 478 g/mol.